The van der Waals surface area contributed by atoms with Gasteiger partial charge in [0.25, 0.3) is 6.43 Å². The fourth-order valence-electron chi connectivity index (χ4n) is 1.38. The molecule has 0 aliphatic heterocycles. The van der Waals surface area contributed by atoms with Gasteiger partial charge in [-0.3, -0.25) is 4.98 Å². The van der Waals surface area contributed by atoms with Crippen LogP contribution in [0.2, 0.25) is 0 Å². The summed E-state index contributed by atoms with van der Waals surface area (Å²) in [4.78, 5) is 3.84. The van der Waals surface area contributed by atoms with Gasteiger partial charge in [0.1, 0.15) is 0 Å². The number of aliphatic hydroxyl groups is 1. The molecule has 1 heterocycles. The molecule has 78 valence electrons. The van der Waals surface area contributed by atoms with Crippen LogP contribution >= 0.6 is 0 Å². The van der Waals surface area contributed by atoms with E-state index in [4.69, 9.17) is 10.8 Å². The van der Waals surface area contributed by atoms with E-state index >= 15 is 0 Å². The molecule has 1 aromatic rings. The van der Waals surface area contributed by atoms with E-state index in [0.717, 1.165) is 0 Å². The van der Waals surface area contributed by atoms with Gasteiger partial charge in [-0.15, -0.1) is 0 Å². The van der Waals surface area contributed by atoms with Gasteiger partial charge in [-0.25, -0.2) is 8.78 Å². The quantitative estimate of drug-likeness (QED) is 0.776. The molecule has 1 rings (SSSR count). The van der Waals surface area contributed by atoms with Crippen LogP contribution in [-0.2, 0) is 13.2 Å². The van der Waals surface area contributed by atoms with Gasteiger partial charge in [0.05, 0.1) is 12.3 Å². The van der Waals surface area contributed by atoms with Crippen LogP contribution < -0.4 is 5.73 Å². The third kappa shape index (κ3) is 2.05. The van der Waals surface area contributed by atoms with Crippen molar-refractivity contribution in [3.63, 3.8) is 0 Å². The topological polar surface area (TPSA) is 59.1 Å². The van der Waals surface area contributed by atoms with Crippen molar-refractivity contribution in [2.45, 2.75) is 26.5 Å². The molecule has 14 heavy (non-hydrogen) atoms. The molecule has 0 fully saturated rings. The van der Waals surface area contributed by atoms with Crippen LogP contribution in [0.4, 0.5) is 8.78 Å². The Morgan fingerprint density at radius 3 is 2.64 bits per heavy atom. The number of aryl methyl sites for hydroxylation is 1. The maximum atomic E-state index is 12.6. The molecule has 5 heteroatoms. The van der Waals surface area contributed by atoms with E-state index in [2.05, 4.69) is 4.98 Å². The Hall–Kier alpha value is -1.07. The fourth-order valence-corrected chi connectivity index (χ4v) is 1.38. The number of pyridine rings is 1. The number of nitrogens with two attached hydrogens (primary N) is 1. The lowest BCUT2D eigenvalue weighted by molar-refractivity contribution is 0.145. The second-order valence-electron chi connectivity index (χ2n) is 2.95. The van der Waals surface area contributed by atoms with Crippen LogP contribution in [0.25, 0.3) is 0 Å². The molecule has 3 nitrogen and oxygen atoms in total. The van der Waals surface area contributed by atoms with Crippen molar-refractivity contribution in [3.8, 4) is 0 Å². The third-order valence-electron chi connectivity index (χ3n) is 1.94. The number of rotatable bonds is 3. The van der Waals surface area contributed by atoms with E-state index < -0.39 is 13.0 Å². The van der Waals surface area contributed by atoms with Crippen molar-refractivity contribution in [1.82, 2.24) is 4.98 Å². The second-order valence-corrected chi connectivity index (χ2v) is 2.95. The molecule has 0 bridgehead atoms. The van der Waals surface area contributed by atoms with Crippen LogP contribution in [0.5, 0.6) is 0 Å². The average Bonchev–Trinajstić information content (AvgIpc) is 2.15. The molecule has 0 saturated carbocycles. The lowest BCUT2D eigenvalue weighted by atomic mass is 10.1. The van der Waals surface area contributed by atoms with Crippen LogP contribution in [0, 0.1) is 6.92 Å². The van der Waals surface area contributed by atoms with Gasteiger partial charge >= 0.3 is 0 Å². The van der Waals surface area contributed by atoms with Crippen molar-refractivity contribution < 1.29 is 13.9 Å². The average molecular weight is 202 g/mol. The highest BCUT2D eigenvalue weighted by molar-refractivity contribution is 5.33. The largest absolute Gasteiger partial charge is 0.390 e. The smallest absolute Gasteiger partial charge is 0.266 e. The maximum absolute atomic E-state index is 12.6. The first kappa shape index (κ1) is 11.0. The number of halogens is 2. The summed E-state index contributed by atoms with van der Waals surface area (Å²) in [7, 11) is 0. The summed E-state index contributed by atoms with van der Waals surface area (Å²) in [5.74, 6) is 0. The van der Waals surface area contributed by atoms with E-state index in [1.54, 1.807) is 6.92 Å². The summed E-state index contributed by atoms with van der Waals surface area (Å²) < 4.78 is 25.2. The Labute approximate surface area is 80.6 Å². The Bertz CT molecular complexity index is 304. The SMILES string of the molecule is Cc1cc(CN)c(C(F)F)c(CO)n1. The fraction of sp³-hybridized carbons (Fsp3) is 0.444. The molecule has 0 spiro atoms. The highest BCUT2D eigenvalue weighted by Crippen LogP contribution is 2.26. The molecule has 0 radical (unpaired) electrons. The van der Waals surface area contributed by atoms with Gasteiger partial charge in [0.2, 0.25) is 0 Å². The van der Waals surface area contributed by atoms with Gasteiger partial charge in [0.15, 0.2) is 0 Å². The molecule has 0 aliphatic carbocycles. The number of aliphatic hydroxyl groups excluding tert-OH is 1. The maximum Gasteiger partial charge on any atom is 0.266 e. The molecule has 3 N–H and O–H groups in total. The normalized spacial score (nSPS) is 11.0. The standard InChI is InChI=1S/C9H12F2N2O/c1-5-2-6(3-12)8(9(10)11)7(4-14)13-5/h2,9,14H,3-4,12H2,1H3. The zero-order chi connectivity index (χ0) is 10.7. The van der Waals surface area contributed by atoms with Gasteiger partial charge in [-0.1, -0.05) is 0 Å². The number of nitrogens with zero attached hydrogens (tertiary/aromatic N) is 1. The zero-order valence-corrected chi connectivity index (χ0v) is 7.80. The lowest BCUT2D eigenvalue weighted by Crippen LogP contribution is -2.09. The van der Waals surface area contributed by atoms with E-state index in [1.807, 2.05) is 0 Å². The summed E-state index contributed by atoms with van der Waals surface area (Å²) in [6.07, 6.45) is -2.65. The van der Waals surface area contributed by atoms with E-state index in [-0.39, 0.29) is 17.8 Å². The first-order valence-corrected chi connectivity index (χ1v) is 4.18. The highest BCUT2D eigenvalue weighted by atomic mass is 19.3. The zero-order valence-electron chi connectivity index (χ0n) is 7.80. The Balaban J connectivity index is 3.33. The van der Waals surface area contributed by atoms with Gasteiger partial charge in [0, 0.05) is 17.8 Å². The molecule has 0 atom stereocenters. The van der Waals surface area contributed by atoms with Crippen molar-refractivity contribution in [2.75, 3.05) is 0 Å². The van der Waals surface area contributed by atoms with E-state index in [0.29, 0.717) is 11.3 Å². The summed E-state index contributed by atoms with van der Waals surface area (Å²) >= 11 is 0. The summed E-state index contributed by atoms with van der Waals surface area (Å²) in [6, 6.07) is 1.51. The monoisotopic (exact) mass is 202 g/mol. The Kier molecular flexibility index (Phi) is 3.49. The minimum Gasteiger partial charge on any atom is -0.390 e. The van der Waals surface area contributed by atoms with Crippen molar-refractivity contribution in [2.24, 2.45) is 5.73 Å². The molecule has 1 aromatic heterocycles. The van der Waals surface area contributed by atoms with Crippen LogP contribution in [0.15, 0.2) is 6.07 Å². The highest BCUT2D eigenvalue weighted by Gasteiger charge is 2.18. The molecule has 0 aliphatic rings. The van der Waals surface area contributed by atoms with Crippen molar-refractivity contribution in [3.05, 3.63) is 28.6 Å². The van der Waals surface area contributed by atoms with Crippen LogP contribution in [0.1, 0.15) is 28.9 Å². The number of hydrogen-bond donors (Lipinski definition) is 2. The molecule has 0 aromatic carbocycles. The van der Waals surface area contributed by atoms with Crippen molar-refractivity contribution >= 4 is 0 Å². The lowest BCUT2D eigenvalue weighted by Gasteiger charge is -2.11. The minimum atomic E-state index is -2.65. The first-order valence-electron chi connectivity index (χ1n) is 4.18. The van der Waals surface area contributed by atoms with Gasteiger partial charge in [-0.2, -0.15) is 0 Å². The predicted octanol–water partition coefficient (Wildman–Crippen LogP) is 1.28. The van der Waals surface area contributed by atoms with E-state index in [9.17, 15) is 8.78 Å². The first-order chi connectivity index (χ1) is 6.60. The number of alkyl halides is 2. The molecular weight excluding hydrogens is 190 g/mol. The van der Waals surface area contributed by atoms with Gasteiger partial charge in [-0.05, 0) is 18.6 Å². The molecular formula is C9H12F2N2O. The summed E-state index contributed by atoms with van der Waals surface area (Å²) in [5.41, 5.74) is 6.04. The number of aromatic nitrogens is 1. The van der Waals surface area contributed by atoms with Crippen LogP contribution in [-0.4, -0.2) is 10.1 Å². The molecule has 0 amide bonds. The Morgan fingerprint density at radius 2 is 2.21 bits per heavy atom. The third-order valence-corrected chi connectivity index (χ3v) is 1.94. The summed E-state index contributed by atoms with van der Waals surface area (Å²) in [5, 5.41) is 8.88. The summed E-state index contributed by atoms with van der Waals surface area (Å²) in [6.45, 7) is 1.21. The Morgan fingerprint density at radius 1 is 1.57 bits per heavy atom. The number of hydrogen-bond acceptors (Lipinski definition) is 3. The van der Waals surface area contributed by atoms with Crippen molar-refractivity contribution in [1.29, 1.82) is 0 Å². The predicted molar refractivity (Wildman–Crippen MR) is 47.7 cm³/mol. The van der Waals surface area contributed by atoms with Crippen LogP contribution in [0.3, 0.4) is 0 Å². The van der Waals surface area contributed by atoms with Gasteiger partial charge < -0.3 is 10.8 Å². The molecule has 0 unspecified atom stereocenters. The second kappa shape index (κ2) is 4.43. The minimum absolute atomic E-state index is 0.0143. The molecule has 0 saturated heterocycles. The van der Waals surface area contributed by atoms with E-state index in [1.165, 1.54) is 6.07 Å².